The van der Waals surface area contributed by atoms with E-state index in [9.17, 15) is 4.79 Å². The molecule has 1 heterocycles. The first kappa shape index (κ1) is 11.7. The fourth-order valence-corrected chi connectivity index (χ4v) is 2.03. The highest BCUT2D eigenvalue weighted by Crippen LogP contribution is 2.15. The number of carboxylic acids is 1. The van der Waals surface area contributed by atoms with Crippen molar-refractivity contribution < 1.29 is 15.0 Å². The maximum Gasteiger partial charge on any atom is 0.317 e. The largest absolute Gasteiger partial charge is 0.480 e. The van der Waals surface area contributed by atoms with Crippen LogP contribution in [0.3, 0.4) is 0 Å². The minimum Gasteiger partial charge on any atom is -0.480 e. The van der Waals surface area contributed by atoms with Crippen LogP contribution >= 0.6 is 11.8 Å². The SMILES string of the molecule is CSC1NN(CCO)CN1CC(=O)O. The van der Waals surface area contributed by atoms with E-state index in [4.69, 9.17) is 10.2 Å². The first-order valence-corrected chi connectivity index (χ1v) is 5.56. The average molecular weight is 221 g/mol. The number of carbonyl (C=O) groups is 1. The van der Waals surface area contributed by atoms with E-state index in [0.717, 1.165) is 0 Å². The third-order valence-corrected chi connectivity index (χ3v) is 2.76. The molecule has 0 spiro atoms. The average Bonchev–Trinajstić information content (AvgIpc) is 2.47. The fraction of sp³-hybridized carbons (Fsp3) is 0.857. The number of aliphatic hydroxyl groups excluding tert-OH is 1. The molecule has 1 aliphatic rings. The second kappa shape index (κ2) is 5.52. The van der Waals surface area contributed by atoms with Crippen molar-refractivity contribution >= 4 is 17.7 Å². The molecule has 82 valence electrons. The summed E-state index contributed by atoms with van der Waals surface area (Å²) in [5.41, 5.74) is 3.08. The van der Waals surface area contributed by atoms with Crippen molar-refractivity contribution in [3.63, 3.8) is 0 Å². The van der Waals surface area contributed by atoms with Gasteiger partial charge < -0.3 is 10.2 Å². The van der Waals surface area contributed by atoms with Crippen molar-refractivity contribution in [1.82, 2.24) is 15.3 Å². The summed E-state index contributed by atoms with van der Waals surface area (Å²) < 4.78 is 0. The zero-order chi connectivity index (χ0) is 10.6. The molecular weight excluding hydrogens is 206 g/mol. The predicted octanol–water partition coefficient (Wildman–Crippen LogP) is -1.21. The lowest BCUT2D eigenvalue weighted by molar-refractivity contribution is -0.138. The zero-order valence-electron chi connectivity index (χ0n) is 8.01. The lowest BCUT2D eigenvalue weighted by Gasteiger charge is -2.17. The van der Waals surface area contributed by atoms with Crippen LogP contribution in [0.1, 0.15) is 0 Å². The number of thioether (sulfide) groups is 1. The molecule has 1 fully saturated rings. The fourth-order valence-electron chi connectivity index (χ4n) is 1.34. The number of aliphatic hydroxyl groups is 1. The molecule has 1 rings (SSSR count). The first-order chi connectivity index (χ1) is 6.67. The van der Waals surface area contributed by atoms with Gasteiger partial charge in [0, 0.05) is 6.54 Å². The summed E-state index contributed by atoms with van der Waals surface area (Å²) in [6.45, 7) is 1.11. The molecule has 6 nitrogen and oxygen atoms in total. The van der Waals surface area contributed by atoms with Crippen LogP contribution in [0.25, 0.3) is 0 Å². The minimum atomic E-state index is -0.836. The van der Waals surface area contributed by atoms with Crippen LogP contribution < -0.4 is 5.43 Å². The molecule has 0 aliphatic carbocycles. The Hall–Kier alpha value is -0.340. The van der Waals surface area contributed by atoms with Gasteiger partial charge in [0.15, 0.2) is 0 Å². The maximum atomic E-state index is 10.5. The highest BCUT2D eigenvalue weighted by molar-refractivity contribution is 7.99. The van der Waals surface area contributed by atoms with Gasteiger partial charge in [-0.05, 0) is 6.26 Å². The van der Waals surface area contributed by atoms with Gasteiger partial charge in [0.2, 0.25) is 0 Å². The van der Waals surface area contributed by atoms with E-state index in [1.54, 1.807) is 16.7 Å². The van der Waals surface area contributed by atoms with E-state index >= 15 is 0 Å². The van der Waals surface area contributed by atoms with Gasteiger partial charge in [-0.3, -0.25) is 9.69 Å². The molecule has 0 radical (unpaired) electrons. The number of aliphatic carboxylic acids is 1. The minimum absolute atomic E-state index is 0.0143. The third kappa shape index (κ3) is 3.10. The number of nitrogens with zero attached hydrogens (tertiary/aromatic N) is 2. The molecule has 3 N–H and O–H groups in total. The van der Waals surface area contributed by atoms with Crippen molar-refractivity contribution in [2.45, 2.75) is 5.50 Å². The van der Waals surface area contributed by atoms with Crippen LogP contribution in [0.15, 0.2) is 0 Å². The monoisotopic (exact) mass is 221 g/mol. The number of nitrogens with one attached hydrogen (secondary N) is 1. The van der Waals surface area contributed by atoms with Gasteiger partial charge in [-0.1, -0.05) is 0 Å². The van der Waals surface area contributed by atoms with Gasteiger partial charge in [-0.15, -0.1) is 11.8 Å². The Morgan fingerprint density at radius 3 is 2.93 bits per heavy atom. The summed E-state index contributed by atoms with van der Waals surface area (Å²) in [6, 6.07) is 0. The van der Waals surface area contributed by atoms with Gasteiger partial charge in [0.05, 0.1) is 19.8 Å². The third-order valence-electron chi connectivity index (χ3n) is 1.91. The van der Waals surface area contributed by atoms with E-state index in [-0.39, 0.29) is 18.6 Å². The van der Waals surface area contributed by atoms with Gasteiger partial charge in [-0.2, -0.15) is 0 Å². The van der Waals surface area contributed by atoms with E-state index in [2.05, 4.69) is 5.43 Å². The number of hydrogen-bond acceptors (Lipinski definition) is 6. The Balaban J connectivity index is 2.44. The summed E-state index contributed by atoms with van der Waals surface area (Å²) in [6.07, 6.45) is 1.91. The molecule has 1 atom stereocenters. The van der Waals surface area contributed by atoms with E-state index in [1.165, 1.54) is 0 Å². The molecule has 14 heavy (non-hydrogen) atoms. The summed E-state index contributed by atoms with van der Waals surface area (Å²) in [4.78, 5) is 12.3. The van der Waals surface area contributed by atoms with E-state index in [1.807, 2.05) is 11.3 Å². The van der Waals surface area contributed by atoms with Crippen molar-refractivity contribution in [2.24, 2.45) is 0 Å². The number of β-amino-alcohol motifs (C(OH)–C–C–N with tert-alkyl or cyclic N) is 1. The summed E-state index contributed by atoms with van der Waals surface area (Å²) in [5.74, 6) is -0.836. The zero-order valence-corrected chi connectivity index (χ0v) is 8.83. The van der Waals surface area contributed by atoms with Crippen LogP contribution in [0.2, 0.25) is 0 Å². The van der Waals surface area contributed by atoms with Crippen molar-refractivity contribution in [2.75, 3.05) is 32.6 Å². The lowest BCUT2D eigenvalue weighted by atomic mass is 10.6. The molecule has 0 amide bonds. The molecule has 1 aliphatic heterocycles. The normalized spacial score (nSPS) is 24.3. The number of hydrogen-bond donors (Lipinski definition) is 3. The first-order valence-electron chi connectivity index (χ1n) is 4.28. The van der Waals surface area contributed by atoms with Crippen LogP contribution in [0, 0.1) is 0 Å². The Labute approximate surface area is 86.8 Å². The van der Waals surface area contributed by atoms with Crippen LogP contribution in [0.4, 0.5) is 0 Å². The van der Waals surface area contributed by atoms with E-state index < -0.39 is 5.97 Å². The molecule has 0 bridgehead atoms. The Morgan fingerprint density at radius 2 is 2.43 bits per heavy atom. The standard InChI is InChI=1S/C7H15N3O3S/c1-14-7-8-10(2-3-11)5-9(7)4-6(12)13/h7-8,11H,2-5H2,1H3,(H,12,13). The predicted molar refractivity (Wildman–Crippen MR) is 53.4 cm³/mol. The van der Waals surface area contributed by atoms with Crippen molar-refractivity contribution in [3.05, 3.63) is 0 Å². The Kier molecular flexibility index (Phi) is 4.63. The number of rotatable bonds is 5. The quantitative estimate of drug-likeness (QED) is 0.538. The number of carboxylic acid groups (broad SMARTS) is 1. The topological polar surface area (TPSA) is 76.0 Å². The molecule has 0 saturated carbocycles. The molecule has 0 aromatic rings. The summed E-state index contributed by atoms with van der Waals surface area (Å²) in [7, 11) is 0. The second-order valence-corrected chi connectivity index (χ2v) is 3.90. The van der Waals surface area contributed by atoms with Crippen LogP contribution in [-0.4, -0.2) is 64.2 Å². The van der Waals surface area contributed by atoms with Gasteiger partial charge in [0.1, 0.15) is 5.50 Å². The van der Waals surface area contributed by atoms with Gasteiger partial charge in [0.25, 0.3) is 0 Å². The lowest BCUT2D eigenvalue weighted by Crippen LogP contribution is -2.37. The molecule has 1 unspecified atom stereocenters. The van der Waals surface area contributed by atoms with Gasteiger partial charge >= 0.3 is 5.97 Å². The molecule has 7 heteroatoms. The molecule has 0 aromatic heterocycles. The Bertz CT molecular complexity index is 205. The summed E-state index contributed by atoms with van der Waals surface area (Å²) >= 11 is 1.54. The second-order valence-electron chi connectivity index (χ2n) is 2.99. The van der Waals surface area contributed by atoms with Crippen LogP contribution in [0.5, 0.6) is 0 Å². The maximum absolute atomic E-state index is 10.5. The van der Waals surface area contributed by atoms with Crippen molar-refractivity contribution in [1.29, 1.82) is 0 Å². The van der Waals surface area contributed by atoms with Gasteiger partial charge in [-0.25, -0.2) is 10.4 Å². The van der Waals surface area contributed by atoms with Crippen LogP contribution in [-0.2, 0) is 4.79 Å². The summed E-state index contributed by atoms with van der Waals surface area (Å²) in [5, 5.41) is 19.2. The molecule has 0 aromatic carbocycles. The molecule has 1 saturated heterocycles. The Morgan fingerprint density at radius 1 is 1.71 bits per heavy atom. The highest BCUT2D eigenvalue weighted by atomic mass is 32.2. The molecular formula is C7H15N3O3S. The number of hydrazine groups is 1. The highest BCUT2D eigenvalue weighted by Gasteiger charge is 2.29. The van der Waals surface area contributed by atoms with Crippen molar-refractivity contribution in [3.8, 4) is 0 Å². The smallest absolute Gasteiger partial charge is 0.317 e. The van der Waals surface area contributed by atoms with E-state index in [0.29, 0.717) is 13.2 Å².